The van der Waals surface area contributed by atoms with Crippen LogP contribution in [0.5, 0.6) is 0 Å². The molecule has 0 saturated carbocycles. The lowest BCUT2D eigenvalue weighted by Gasteiger charge is -2.11. The van der Waals surface area contributed by atoms with E-state index in [1.807, 2.05) is 84.9 Å². The summed E-state index contributed by atoms with van der Waals surface area (Å²) in [7, 11) is 0. The summed E-state index contributed by atoms with van der Waals surface area (Å²) in [5.41, 5.74) is 4.31. The maximum absolute atomic E-state index is 8.30. The topological polar surface area (TPSA) is 38.7 Å². The van der Waals surface area contributed by atoms with Gasteiger partial charge in [-0.3, -0.25) is 0 Å². The van der Waals surface area contributed by atoms with Crippen LogP contribution in [0.3, 0.4) is 0 Å². The molecule has 0 atom stereocenters. The van der Waals surface area contributed by atoms with Gasteiger partial charge in [-0.25, -0.2) is 4.98 Å². The highest BCUT2D eigenvalue weighted by molar-refractivity contribution is 6.28. The predicted molar refractivity (Wildman–Crippen MR) is 144 cm³/mol. The number of hydrogen-bond acceptors (Lipinski definition) is 3. The first kappa shape index (κ1) is 16.3. The number of hydrogen-bond donors (Lipinski definition) is 0. The lowest BCUT2D eigenvalue weighted by Crippen LogP contribution is -1.98. The summed E-state index contributed by atoms with van der Waals surface area (Å²) >= 11 is 6.38. The van der Waals surface area contributed by atoms with Gasteiger partial charge in [0.1, 0.15) is 0 Å². The van der Waals surface area contributed by atoms with Crippen molar-refractivity contribution in [2.24, 2.45) is 0 Å². The minimum Gasteiger partial charge on any atom is -0.208 e. The number of nitrogens with zero attached hydrogens (tertiary/aromatic N) is 3. The van der Waals surface area contributed by atoms with Gasteiger partial charge in [0.05, 0.1) is 6.85 Å². The Hall–Kier alpha value is -4.34. The van der Waals surface area contributed by atoms with E-state index in [0.29, 0.717) is 17.2 Å². The van der Waals surface area contributed by atoms with Gasteiger partial charge in [0.15, 0.2) is 11.6 Å². The summed E-state index contributed by atoms with van der Waals surface area (Å²) in [6.45, 7) is 0. The van der Waals surface area contributed by atoms with Crippen molar-refractivity contribution >= 4 is 22.4 Å². The molecule has 0 aliphatic carbocycles. The van der Waals surface area contributed by atoms with E-state index in [4.69, 9.17) is 23.4 Å². The zero-order valence-electron chi connectivity index (χ0n) is 23.4. The van der Waals surface area contributed by atoms with Crippen LogP contribution in [0.2, 0.25) is 5.28 Å². The Labute approximate surface area is 215 Å². The molecule has 0 amide bonds. The second kappa shape index (κ2) is 9.13. The zero-order valence-corrected chi connectivity index (χ0v) is 19.1. The minimum atomic E-state index is -0.411. The molecule has 6 rings (SSSR count). The average Bonchev–Trinajstić information content (AvgIpc) is 2.99. The monoisotopic (exact) mass is 474 g/mol. The number of rotatable bonds is 4. The number of benzene rings is 5. The fraction of sp³-hybridized carbons (Fsp3) is 0. The van der Waals surface area contributed by atoms with Crippen LogP contribution in [0.1, 0.15) is 6.85 Å². The minimum absolute atomic E-state index is 0.0829. The Bertz CT molecular complexity index is 1900. The van der Waals surface area contributed by atoms with Crippen molar-refractivity contribution in [3.05, 3.63) is 126 Å². The van der Waals surface area contributed by atoms with Crippen molar-refractivity contribution in [1.82, 2.24) is 15.0 Å². The molecule has 0 saturated heterocycles. The summed E-state index contributed by atoms with van der Waals surface area (Å²) < 4.78 is 40.4. The third-order valence-corrected chi connectivity index (χ3v) is 5.92. The summed E-state index contributed by atoms with van der Waals surface area (Å²) in [5, 5.41) is 1.79. The average molecular weight is 475 g/mol. The summed E-state index contributed by atoms with van der Waals surface area (Å²) in [4.78, 5) is 13.6. The summed E-state index contributed by atoms with van der Waals surface area (Å²) in [6.07, 6.45) is 0. The first-order chi connectivity index (χ1) is 19.3. The Kier molecular flexibility index (Phi) is 4.26. The van der Waals surface area contributed by atoms with Crippen LogP contribution in [0, 0.1) is 0 Å². The van der Waals surface area contributed by atoms with E-state index in [1.165, 1.54) is 0 Å². The second-order valence-electron chi connectivity index (χ2n) is 7.94. The highest BCUT2D eigenvalue weighted by Crippen LogP contribution is 2.32. The van der Waals surface area contributed by atoms with Crippen molar-refractivity contribution in [3.8, 4) is 45.0 Å². The molecule has 0 N–H and O–H groups in total. The Balaban J connectivity index is 1.42. The van der Waals surface area contributed by atoms with E-state index in [1.54, 1.807) is 6.07 Å². The van der Waals surface area contributed by atoms with E-state index < -0.39 is 6.04 Å². The van der Waals surface area contributed by atoms with Crippen LogP contribution in [0.25, 0.3) is 55.8 Å². The molecule has 166 valence electrons. The molecule has 0 spiro atoms. The molecule has 1 aromatic heterocycles. The van der Waals surface area contributed by atoms with Crippen molar-refractivity contribution in [3.63, 3.8) is 0 Å². The third-order valence-electron chi connectivity index (χ3n) is 5.75. The molecule has 6 aromatic rings. The molecule has 0 bridgehead atoms. The largest absolute Gasteiger partial charge is 0.226 e. The molecule has 3 nitrogen and oxygen atoms in total. The van der Waals surface area contributed by atoms with Gasteiger partial charge in [-0.2, -0.15) is 9.97 Å². The fourth-order valence-electron chi connectivity index (χ4n) is 4.08. The van der Waals surface area contributed by atoms with Gasteiger partial charge in [-0.1, -0.05) is 109 Å². The van der Waals surface area contributed by atoms with Crippen molar-refractivity contribution in [2.75, 3.05) is 0 Å². The molecule has 5 aromatic carbocycles. The third kappa shape index (κ3) is 4.30. The van der Waals surface area contributed by atoms with Gasteiger partial charge < -0.3 is 0 Å². The maximum Gasteiger partial charge on any atom is 0.226 e. The number of aromatic nitrogens is 3. The highest BCUT2D eigenvalue weighted by atomic mass is 35.5. The van der Waals surface area contributed by atoms with Gasteiger partial charge in [0.2, 0.25) is 5.28 Å². The van der Waals surface area contributed by atoms with Gasteiger partial charge in [-0.05, 0) is 56.8 Å². The van der Waals surface area contributed by atoms with E-state index in [9.17, 15) is 0 Å². The van der Waals surface area contributed by atoms with Crippen LogP contribution >= 0.6 is 11.6 Å². The Morgan fingerprint density at radius 1 is 0.514 bits per heavy atom. The maximum atomic E-state index is 8.30. The first-order valence-electron chi connectivity index (χ1n) is 13.5. The Morgan fingerprint density at radius 3 is 1.91 bits per heavy atom. The van der Waals surface area contributed by atoms with Gasteiger partial charge >= 0.3 is 0 Å². The molecule has 4 heteroatoms. The molecule has 0 radical (unpaired) electrons. The first-order valence-corrected chi connectivity index (χ1v) is 11.4. The van der Waals surface area contributed by atoms with Crippen LogP contribution in [-0.4, -0.2) is 15.0 Å². The van der Waals surface area contributed by atoms with Gasteiger partial charge in [0, 0.05) is 11.1 Å². The molecular weight excluding hydrogens is 450 g/mol. The SMILES string of the molecule is [2H]c1c([2H])c([2H])c(-c2ccc3cc(-c4nc(Cl)nc(-c5ccccc5-c5ccccc5)n4)ccc3c2)c([2H])c1[2H]. The summed E-state index contributed by atoms with van der Waals surface area (Å²) in [5.74, 6) is 0.889. The molecule has 0 aliphatic heterocycles. The fourth-order valence-corrected chi connectivity index (χ4v) is 4.24. The van der Waals surface area contributed by atoms with Crippen LogP contribution in [0.15, 0.2) is 121 Å². The number of halogens is 1. The van der Waals surface area contributed by atoms with E-state index in [2.05, 4.69) is 9.97 Å². The van der Waals surface area contributed by atoms with Crippen LogP contribution in [-0.2, 0) is 0 Å². The highest BCUT2D eigenvalue weighted by Gasteiger charge is 2.14. The van der Waals surface area contributed by atoms with E-state index in [-0.39, 0.29) is 35.0 Å². The summed E-state index contributed by atoms with van der Waals surface area (Å²) in [6, 6.07) is 27.4. The zero-order chi connectivity index (χ0) is 28.0. The van der Waals surface area contributed by atoms with Crippen LogP contribution < -0.4 is 0 Å². The molecule has 0 fully saturated rings. The van der Waals surface area contributed by atoms with Crippen LogP contribution in [0.4, 0.5) is 0 Å². The standard InChI is InChI=1S/C31H20ClN3/c32-31-34-29(33-30(35-31)28-14-8-7-13-27(28)22-11-5-2-6-12-22)26-18-17-24-19-23(15-16-25(24)20-26)21-9-3-1-4-10-21/h1-20H/i1D,3D,4D,9D,10D. The Morgan fingerprint density at radius 2 is 1.14 bits per heavy atom. The van der Waals surface area contributed by atoms with Gasteiger partial charge in [-0.15, -0.1) is 0 Å². The molecule has 1 heterocycles. The lowest BCUT2D eigenvalue weighted by atomic mass is 9.99. The second-order valence-corrected chi connectivity index (χ2v) is 8.28. The van der Waals surface area contributed by atoms with Crippen molar-refractivity contribution in [1.29, 1.82) is 0 Å². The van der Waals surface area contributed by atoms with Gasteiger partial charge in [0.25, 0.3) is 0 Å². The predicted octanol–water partition coefficient (Wildman–Crippen LogP) is 8.35. The molecular formula is C31H20ClN3. The normalized spacial score (nSPS) is 13.0. The molecule has 35 heavy (non-hydrogen) atoms. The smallest absolute Gasteiger partial charge is 0.208 e. The quantitative estimate of drug-likeness (QED) is 0.257. The van der Waals surface area contributed by atoms with Crippen molar-refractivity contribution < 1.29 is 6.85 Å². The molecule has 0 aliphatic rings. The number of fused-ring (bicyclic) bond motifs is 1. The molecule has 0 unspecified atom stereocenters. The van der Waals surface area contributed by atoms with Crippen molar-refractivity contribution in [2.45, 2.75) is 0 Å². The van der Waals surface area contributed by atoms with E-state index in [0.717, 1.165) is 33.0 Å². The van der Waals surface area contributed by atoms with E-state index >= 15 is 0 Å². The lowest BCUT2D eigenvalue weighted by molar-refractivity contribution is 1.07.